The van der Waals surface area contributed by atoms with Crippen molar-refractivity contribution in [3.8, 4) is 6.07 Å². The fourth-order valence-electron chi connectivity index (χ4n) is 1.89. The van der Waals surface area contributed by atoms with Crippen LogP contribution in [0.3, 0.4) is 0 Å². The van der Waals surface area contributed by atoms with Gasteiger partial charge in [0.1, 0.15) is 11.1 Å². The van der Waals surface area contributed by atoms with Crippen molar-refractivity contribution in [2.75, 3.05) is 16.4 Å². The van der Waals surface area contributed by atoms with Crippen LogP contribution in [-0.4, -0.2) is 17.6 Å². The summed E-state index contributed by atoms with van der Waals surface area (Å²) in [6.07, 6.45) is 0. The van der Waals surface area contributed by atoms with Crippen LogP contribution in [0.5, 0.6) is 0 Å². The van der Waals surface area contributed by atoms with Crippen LogP contribution in [0.1, 0.15) is 15.9 Å². The maximum atomic E-state index is 12.2. The molecule has 5 nitrogen and oxygen atoms in total. The number of hydrogen-bond acceptors (Lipinski definition) is 5. The molecule has 104 valence electrons. The molecule has 2 amide bonds. The summed E-state index contributed by atoms with van der Waals surface area (Å²) in [4.78, 5) is 24.5. The first-order valence-electron chi connectivity index (χ1n) is 6.03. The molecule has 2 N–H and O–H groups in total. The van der Waals surface area contributed by atoms with E-state index in [4.69, 9.17) is 5.26 Å². The minimum absolute atomic E-state index is 0.0740. The predicted molar refractivity (Wildman–Crippen MR) is 82.8 cm³/mol. The molecule has 0 saturated heterocycles. The number of nitriles is 1. The number of thiophene rings is 1. The van der Waals surface area contributed by atoms with Crippen LogP contribution in [0, 0.1) is 11.3 Å². The summed E-state index contributed by atoms with van der Waals surface area (Å²) in [6, 6.07) is 8.85. The van der Waals surface area contributed by atoms with E-state index in [2.05, 4.69) is 10.6 Å². The van der Waals surface area contributed by atoms with Crippen molar-refractivity contribution in [1.29, 1.82) is 5.26 Å². The van der Waals surface area contributed by atoms with Gasteiger partial charge in [-0.25, -0.2) is 0 Å². The van der Waals surface area contributed by atoms with Crippen molar-refractivity contribution in [3.63, 3.8) is 0 Å². The number of nitrogens with zero attached hydrogens (tertiary/aromatic N) is 1. The molecule has 21 heavy (non-hydrogen) atoms. The zero-order valence-electron chi connectivity index (χ0n) is 10.7. The van der Waals surface area contributed by atoms with Crippen LogP contribution < -0.4 is 10.6 Å². The molecule has 0 spiro atoms. The summed E-state index contributed by atoms with van der Waals surface area (Å²) in [7, 11) is 0. The number of thioether (sulfide) groups is 1. The Labute approximate surface area is 129 Å². The fraction of sp³-hybridized carbons (Fsp3) is 0.0714. The number of carbonyl (C=O) groups is 2. The molecule has 0 fully saturated rings. The van der Waals surface area contributed by atoms with Gasteiger partial charge in [0.15, 0.2) is 0 Å². The Morgan fingerprint density at radius 3 is 3.05 bits per heavy atom. The molecular weight excluding hydrogens is 306 g/mol. The third kappa shape index (κ3) is 2.77. The molecule has 0 bridgehead atoms. The highest BCUT2D eigenvalue weighted by Crippen LogP contribution is 2.32. The largest absolute Gasteiger partial charge is 0.324 e. The van der Waals surface area contributed by atoms with E-state index in [1.54, 1.807) is 23.6 Å². The number of benzene rings is 1. The van der Waals surface area contributed by atoms with Crippen molar-refractivity contribution in [2.45, 2.75) is 4.90 Å². The standard InChI is InChI=1S/C14H9N3O2S2/c15-6-9-3-4-20-14(9)17-13(19)8-1-2-11-10(5-8)16-12(18)7-21-11/h1-5H,7H2,(H,16,18)(H,17,19). The van der Waals surface area contributed by atoms with Gasteiger partial charge in [-0.2, -0.15) is 5.26 Å². The van der Waals surface area contributed by atoms with Crippen molar-refractivity contribution >= 4 is 45.6 Å². The molecule has 1 aliphatic rings. The van der Waals surface area contributed by atoms with Gasteiger partial charge in [-0.05, 0) is 29.6 Å². The van der Waals surface area contributed by atoms with Crippen molar-refractivity contribution in [2.24, 2.45) is 0 Å². The molecule has 0 atom stereocenters. The Hall–Kier alpha value is -2.30. The van der Waals surface area contributed by atoms with Gasteiger partial charge in [0.05, 0.1) is 17.0 Å². The number of fused-ring (bicyclic) bond motifs is 1. The fourth-order valence-corrected chi connectivity index (χ4v) is 3.41. The summed E-state index contributed by atoms with van der Waals surface area (Å²) in [5.74, 6) is 0.0101. The SMILES string of the molecule is N#Cc1ccsc1NC(=O)c1ccc2c(c1)NC(=O)CS2. The van der Waals surface area contributed by atoms with Gasteiger partial charge in [-0.15, -0.1) is 23.1 Å². The van der Waals surface area contributed by atoms with E-state index < -0.39 is 0 Å². The quantitative estimate of drug-likeness (QED) is 0.892. The van der Waals surface area contributed by atoms with Crippen LogP contribution in [0.15, 0.2) is 34.5 Å². The van der Waals surface area contributed by atoms with Crippen LogP contribution in [0.2, 0.25) is 0 Å². The van der Waals surface area contributed by atoms with Crippen molar-refractivity contribution < 1.29 is 9.59 Å². The second-order valence-corrected chi connectivity index (χ2v) is 6.21. The second kappa shape index (κ2) is 5.60. The third-order valence-corrected chi connectivity index (χ3v) is 4.79. The third-order valence-electron chi connectivity index (χ3n) is 2.89. The zero-order chi connectivity index (χ0) is 14.8. The Morgan fingerprint density at radius 1 is 1.38 bits per heavy atom. The normalized spacial score (nSPS) is 13.0. The van der Waals surface area contributed by atoms with Crippen LogP contribution in [0.4, 0.5) is 10.7 Å². The van der Waals surface area contributed by atoms with Gasteiger partial charge >= 0.3 is 0 Å². The van der Waals surface area contributed by atoms with E-state index in [1.807, 2.05) is 12.1 Å². The van der Waals surface area contributed by atoms with Gasteiger partial charge in [0, 0.05) is 10.5 Å². The summed E-state index contributed by atoms with van der Waals surface area (Å²) in [5.41, 5.74) is 1.53. The molecule has 7 heteroatoms. The summed E-state index contributed by atoms with van der Waals surface area (Å²) >= 11 is 2.74. The minimum atomic E-state index is -0.304. The molecule has 0 radical (unpaired) electrons. The monoisotopic (exact) mass is 315 g/mol. The molecule has 0 aliphatic carbocycles. The molecule has 0 unspecified atom stereocenters. The van der Waals surface area contributed by atoms with Gasteiger partial charge < -0.3 is 10.6 Å². The zero-order valence-corrected chi connectivity index (χ0v) is 12.3. The predicted octanol–water partition coefficient (Wildman–Crippen LogP) is 2.92. The lowest BCUT2D eigenvalue weighted by Crippen LogP contribution is -2.19. The number of rotatable bonds is 2. The summed E-state index contributed by atoms with van der Waals surface area (Å²) in [6.45, 7) is 0. The molecule has 2 aromatic rings. The highest BCUT2D eigenvalue weighted by atomic mass is 32.2. The van der Waals surface area contributed by atoms with Crippen molar-refractivity contribution in [3.05, 3.63) is 40.8 Å². The van der Waals surface area contributed by atoms with Crippen LogP contribution in [-0.2, 0) is 4.79 Å². The molecule has 3 rings (SSSR count). The van der Waals surface area contributed by atoms with E-state index in [-0.39, 0.29) is 11.8 Å². The summed E-state index contributed by atoms with van der Waals surface area (Å²) < 4.78 is 0. The van der Waals surface area contributed by atoms with Gasteiger partial charge in [-0.3, -0.25) is 9.59 Å². The Balaban J connectivity index is 1.84. The van der Waals surface area contributed by atoms with E-state index in [0.29, 0.717) is 27.6 Å². The van der Waals surface area contributed by atoms with E-state index in [0.717, 1.165) is 4.90 Å². The highest BCUT2D eigenvalue weighted by Gasteiger charge is 2.18. The number of hydrogen-bond donors (Lipinski definition) is 2. The molecule has 1 aromatic heterocycles. The Kier molecular flexibility index (Phi) is 3.64. The highest BCUT2D eigenvalue weighted by molar-refractivity contribution is 8.00. The van der Waals surface area contributed by atoms with Gasteiger partial charge in [0.25, 0.3) is 5.91 Å². The number of amides is 2. The first kappa shape index (κ1) is 13.7. The number of anilines is 2. The van der Waals surface area contributed by atoms with Crippen LogP contribution >= 0.6 is 23.1 Å². The summed E-state index contributed by atoms with van der Waals surface area (Å²) in [5, 5.41) is 16.7. The molecule has 0 saturated carbocycles. The van der Waals surface area contributed by atoms with Gasteiger partial charge in [0.2, 0.25) is 5.91 Å². The lowest BCUT2D eigenvalue weighted by molar-refractivity contribution is -0.113. The average molecular weight is 315 g/mol. The first-order chi connectivity index (χ1) is 10.2. The molecule has 2 heterocycles. The van der Waals surface area contributed by atoms with Gasteiger partial charge in [-0.1, -0.05) is 0 Å². The van der Waals surface area contributed by atoms with E-state index in [9.17, 15) is 9.59 Å². The smallest absolute Gasteiger partial charge is 0.256 e. The topological polar surface area (TPSA) is 82.0 Å². The molecule has 1 aromatic carbocycles. The Morgan fingerprint density at radius 2 is 2.24 bits per heavy atom. The maximum Gasteiger partial charge on any atom is 0.256 e. The average Bonchev–Trinajstić information content (AvgIpc) is 2.93. The Bertz CT molecular complexity index is 777. The van der Waals surface area contributed by atoms with E-state index in [1.165, 1.54) is 23.1 Å². The second-order valence-electron chi connectivity index (χ2n) is 4.28. The number of nitrogens with one attached hydrogen (secondary N) is 2. The maximum absolute atomic E-state index is 12.2. The van der Waals surface area contributed by atoms with Crippen molar-refractivity contribution in [1.82, 2.24) is 0 Å². The first-order valence-corrected chi connectivity index (χ1v) is 7.89. The molecular formula is C14H9N3O2S2. The minimum Gasteiger partial charge on any atom is -0.324 e. The number of carbonyl (C=O) groups excluding carboxylic acids is 2. The lowest BCUT2D eigenvalue weighted by Gasteiger charge is -2.16. The lowest BCUT2D eigenvalue weighted by atomic mass is 10.2. The van der Waals surface area contributed by atoms with Crippen LogP contribution in [0.25, 0.3) is 0 Å². The van der Waals surface area contributed by atoms with E-state index >= 15 is 0 Å². The molecule has 1 aliphatic heterocycles.